The minimum atomic E-state index is -0.777. The van der Waals surface area contributed by atoms with Crippen LogP contribution in [-0.2, 0) is 17.6 Å². The summed E-state index contributed by atoms with van der Waals surface area (Å²) in [6.07, 6.45) is 6.28. The third-order valence-electron chi connectivity index (χ3n) is 7.42. The minimum Gasteiger partial charge on any atom is -0.493 e. The van der Waals surface area contributed by atoms with Crippen LogP contribution in [-0.4, -0.2) is 23.6 Å². The number of hydrogen-bond donors (Lipinski definition) is 2. The number of para-hydroxylation sites is 2. The summed E-state index contributed by atoms with van der Waals surface area (Å²) in [5.74, 6) is 0.903. The molecule has 0 fully saturated rings. The Balaban J connectivity index is 0.000000213. The molecule has 0 aliphatic rings. The van der Waals surface area contributed by atoms with E-state index in [-0.39, 0.29) is 6.42 Å². The highest BCUT2D eigenvalue weighted by atomic mass is 79.9. The highest BCUT2D eigenvalue weighted by Crippen LogP contribution is 2.33. The summed E-state index contributed by atoms with van der Waals surface area (Å²) in [5.41, 5.74) is 10.2. The van der Waals surface area contributed by atoms with E-state index in [1.807, 2.05) is 91.0 Å². The number of carbonyl (C=O) groups excluding carboxylic acids is 1. The zero-order valence-corrected chi connectivity index (χ0v) is 27.9. The number of halogens is 1. The largest absolute Gasteiger partial charge is 0.493 e. The van der Waals surface area contributed by atoms with Crippen molar-refractivity contribution in [2.24, 2.45) is 5.73 Å². The number of unbranched alkanes of at least 4 members (excludes halogenated alkanes) is 3. The first-order chi connectivity index (χ1) is 22.9. The van der Waals surface area contributed by atoms with Gasteiger partial charge in [0.25, 0.3) is 5.91 Å². The molecule has 0 saturated heterocycles. The van der Waals surface area contributed by atoms with Crippen LogP contribution in [0, 0.1) is 0 Å². The number of ether oxygens (including phenoxy) is 2. The van der Waals surface area contributed by atoms with Gasteiger partial charge < -0.3 is 20.3 Å². The normalized spacial score (nSPS) is 10.4. The molecule has 6 nitrogen and oxygen atoms in total. The van der Waals surface area contributed by atoms with Gasteiger partial charge in [0.1, 0.15) is 17.2 Å². The number of benzene rings is 5. The number of aryl methyl sites for hydroxylation is 2. The van der Waals surface area contributed by atoms with Gasteiger partial charge in [-0.3, -0.25) is 9.59 Å². The quantitative estimate of drug-likeness (QED) is 0.106. The van der Waals surface area contributed by atoms with Crippen molar-refractivity contribution in [1.82, 2.24) is 0 Å². The third kappa shape index (κ3) is 12.1. The Labute approximate surface area is 285 Å². The van der Waals surface area contributed by atoms with Crippen LogP contribution < -0.4 is 15.2 Å². The topological polar surface area (TPSA) is 98.9 Å². The van der Waals surface area contributed by atoms with Crippen molar-refractivity contribution >= 4 is 27.8 Å². The average molecular weight is 695 g/mol. The van der Waals surface area contributed by atoms with E-state index in [2.05, 4.69) is 40.2 Å². The number of hydrogen-bond acceptors (Lipinski definition) is 4. The Hall–Kier alpha value is -4.88. The fourth-order valence-electron chi connectivity index (χ4n) is 4.94. The fourth-order valence-corrected chi connectivity index (χ4v) is 5.31. The first-order valence-corrected chi connectivity index (χ1v) is 16.6. The monoisotopic (exact) mass is 693 g/mol. The van der Waals surface area contributed by atoms with Gasteiger partial charge >= 0.3 is 5.97 Å². The van der Waals surface area contributed by atoms with Crippen LogP contribution in [0.1, 0.15) is 53.6 Å². The Morgan fingerprint density at radius 1 is 0.660 bits per heavy atom. The first-order valence-electron chi connectivity index (χ1n) is 15.8. The zero-order valence-electron chi connectivity index (χ0n) is 26.3. The molecule has 47 heavy (non-hydrogen) atoms. The second-order valence-electron chi connectivity index (χ2n) is 11.0. The molecule has 0 bridgehead atoms. The van der Waals surface area contributed by atoms with E-state index in [9.17, 15) is 9.59 Å². The molecule has 0 saturated carbocycles. The van der Waals surface area contributed by atoms with Crippen LogP contribution in [0.4, 0.5) is 0 Å². The molecule has 5 rings (SSSR count). The molecule has 0 aliphatic carbocycles. The Bertz CT molecular complexity index is 1690. The van der Waals surface area contributed by atoms with E-state index in [1.165, 1.54) is 18.4 Å². The average Bonchev–Trinajstić information content (AvgIpc) is 3.09. The lowest BCUT2D eigenvalue weighted by atomic mass is 10.0. The Morgan fingerprint density at radius 3 is 2.00 bits per heavy atom. The van der Waals surface area contributed by atoms with Gasteiger partial charge in [0, 0.05) is 16.5 Å². The number of carbonyl (C=O) groups is 2. The van der Waals surface area contributed by atoms with Crippen molar-refractivity contribution in [3.63, 3.8) is 0 Å². The van der Waals surface area contributed by atoms with Crippen LogP contribution in [0.15, 0.2) is 132 Å². The van der Waals surface area contributed by atoms with Gasteiger partial charge in [-0.15, -0.1) is 0 Å². The molecule has 0 radical (unpaired) electrons. The molecule has 0 aliphatic heterocycles. The molecule has 0 heterocycles. The Kier molecular flexibility index (Phi) is 14.1. The molecule has 1 amide bonds. The van der Waals surface area contributed by atoms with Gasteiger partial charge in [-0.25, -0.2) is 0 Å². The summed E-state index contributed by atoms with van der Waals surface area (Å²) in [6.45, 7) is 0.604. The van der Waals surface area contributed by atoms with Gasteiger partial charge in [-0.1, -0.05) is 120 Å². The maximum absolute atomic E-state index is 11.4. The second-order valence-corrected chi connectivity index (χ2v) is 11.9. The summed E-state index contributed by atoms with van der Waals surface area (Å²) in [7, 11) is 0. The number of nitrogens with two attached hydrogens (primary N) is 1. The molecule has 0 unspecified atom stereocenters. The van der Waals surface area contributed by atoms with Crippen LogP contribution >= 0.6 is 15.9 Å². The maximum atomic E-state index is 11.4. The number of amides is 1. The van der Waals surface area contributed by atoms with Crippen LogP contribution in [0.25, 0.3) is 11.1 Å². The van der Waals surface area contributed by atoms with Crippen LogP contribution in [0.2, 0.25) is 0 Å². The highest BCUT2D eigenvalue weighted by Gasteiger charge is 2.10. The predicted molar refractivity (Wildman–Crippen MR) is 191 cm³/mol. The molecule has 0 spiro atoms. The second kappa shape index (κ2) is 18.9. The van der Waals surface area contributed by atoms with Gasteiger partial charge in [-0.2, -0.15) is 0 Å². The molecular formula is C40H40BrNO5. The van der Waals surface area contributed by atoms with E-state index < -0.39 is 11.9 Å². The van der Waals surface area contributed by atoms with Crippen molar-refractivity contribution in [1.29, 1.82) is 0 Å². The van der Waals surface area contributed by atoms with Crippen LogP contribution in [0.5, 0.6) is 17.2 Å². The van der Waals surface area contributed by atoms with E-state index in [1.54, 1.807) is 12.1 Å². The number of aliphatic carboxylic acids is 1. The number of carboxylic acid groups (broad SMARTS) is 1. The van der Waals surface area contributed by atoms with Gasteiger partial charge in [0.05, 0.1) is 12.2 Å². The van der Waals surface area contributed by atoms with E-state index >= 15 is 0 Å². The lowest BCUT2D eigenvalue weighted by Crippen LogP contribution is -2.13. The molecule has 0 aromatic heterocycles. The SMILES string of the molecule is NC(=O)c1cc(Br)ccc1OCCCCCCc1ccccc1.O=C(O)CCc1ccc(-c2ccccc2Oc2ccccc2)cc1. The number of primary amides is 1. The summed E-state index contributed by atoms with van der Waals surface area (Å²) >= 11 is 3.33. The molecular weight excluding hydrogens is 654 g/mol. The fraction of sp³-hybridized carbons (Fsp3) is 0.200. The van der Waals surface area contributed by atoms with Gasteiger partial charge in [-0.05, 0) is 78.8 Å². The first kappa shape index (κ1) is 35.0. The van der Waals surface area contributed by atoms with Crippen LogP contribution in [0.3, 0.4) is 0 Å². The lowest BCUT2D eigenvalue weighted by Gasteiger charge is -2.11. The predicted octanol–water partition coefficient (Wildman–Crippen LogP) is 9.89. The summed E-state index contributed by atoms with van der Waals surface area (Å²) in [5, 5.41) is 8.77. The maximum Gasteiger partial charge on any atom is 0.303 e. The molecule has 242 valence electrons. The zero-order chi connectivity index (χ0) is 33.3. The molecule has 5 aromatic rings. The highest BCUT2D eigenvalue weighted by molar-refractivity contribution is 9.10. The summed E-state index contributed by atoms with van der Waals surface area (Å²) in [6, 6.07) is 41.4. The van der Waals surface area contributed by atoms with Crippen molar-refractivity contribution < 1.29 is 24.2 Å². The van der Waals surface area contributed by atoms with Crippen molar-refractivity contribution in [3.05, 3.63) is 149 Å². The molecule has 7 heteroatoms. The van der Waals surface area contributed by atoms with E-state index in [0.717, 1.165) is 51.9 Å². The van der Waals surface area contributed by atoms with E-state index in [0.29, 0.717) is 24.3 Å². The van der Waals surface area contributed by atoms with Gasteiger partial charge in [0.2, 0.25) is 0 Å². The minimum absolute atomic E-state index is 0.146. The lowest BCUT2D eigenvalue weighted by molar-refractivity contribution is -0.136. The van der Waals surface area contributed by atoms with E-state index in [4.69, 9.17) is 20.3 Å². The number of carboxylic acids is 1. The number of rotatable bonds is 15. The van der Waals surface area contributed by atoms with Crippen molar-refractivity contribution in [2.75, 3.05) is 6.61 Å². The third-order valence-corrected chi connectivity index (χ3v) is 7.91. The van der Waals surface area contributed by atoms with Crippen molar-refractivity contribution in [2.45, 2.75) is 44.9 Å². The van der Waals surface area contributed by atoms with Crippen molar-refractivity contribution in [3.8, 4) is 28.4 Å². The molecule has 5 aromatic carbocycles. The van der Waals surface area contributed by atoms with Gasteiger partial charge in [0.15, 0.2) is 0 Å². The molecule has 0 atom stereocenters. The summed E-state index contributed by atoms with van der Waals surface area (Å²) in [4.78, 5) is 22.1. The standard InChI is InChI=1S/C21H18O3.C19H22BrNO2/c22-21(23)15-12-16-10-13-17(14-11-16)19-8-4-5-9-20(19)24-18-6-2-1-3-7-18;20-16-11-12-18(17(14-16)19(21)22)23-13-7-2-1-4-8-15-9-5-3-6-10-15/h1-11,13-14H,12,15H2,(H,22,23);3,5-6,9-12,14H,1-2,4,7-8,13H2,(H2,21,22). The molecule has 3 N–H and O–H groups in total. The summed E-state index contributed by atoms with van der Waals surface area (Å²) < 4.78 is 12.5. The smallest absolute Gasteiger partial charge is 0.303 e. The Morgan fingerprint density at radius 2 is 1.30 bits per heavy atom.